The van der Waals surface area contributed by atoms with E-state index in [4.69, 9.17) is 11.6 Å². The molecule has 5 heteroatoms. The van der Waals surface area contributed by atoms with Gasteiger partial charge in [0.1, 0.15) is 0 Å². The molecule has 116 valence electrons. The van der Waals surface area contributed by atoms with Gasteiger partial charge in [-0.1, -0.05) is 42.5 Å². The molecular weight excluding hydrogens is 318 g/mol. The van der Waals surface area contributed by atoms with Crippen molar-refractivity contribution in [3.8, 4) is 0 Å². The summed E-state index contributed by atoms with van der Waals surface area (Å²) >= 11 is 5.63. The maximum atomic E-state index is 12.3. The van der Waals surface area contributed by atoms with Gasteiger partial charge >= 0.3 is 0 Å². The second-order valence-electron chi connectivity index (χ2n) is 4.78. The average Bonchev–Trinajstić information content (AvgIpc) is 2.52. The van der Waals surface area contributed by atoms with E-state index in [2.05, 4.69) is 4.72 Å². The SMILES string of the molecule is O=S(=O)(Nc1cccc(/C=C/CCCCl)c1)c1ccccc1. The molecule has 22 heavy (non-hydrogen) atoms. The lowest BCUT2D eigenvalue weighted by atomic mass is 10.2. The second kappa shape index (κ2) is 8.01. The van der Waals surface area contributed by atoms with E-state index in [1.807, 2.05) is 24.3 Å². The van der Waals surface area contributed by atoms with Crippen LogP contribution in [0, 0.1) is 0 Å². The molecule has 0 aliphatic rings. The lowest BCUT2D eigenvalue weighted by Crippen LogP contribution is -2.12. The number of allylic oxidation sites excluding steroid dienone is 1. The van der Waals surface area contributed by atoms with Crippen molar-refractivity contribution >= 4 is 33.4 Å². The Morgan fingerprint density at radius 2 is 1.82 bits per heavy atom. The van der Waals surface area contributed by atoms with Crippen molar-refractivity contribution in [1.29, 1.82) is 0 Å². The first-order chi connectivity index (χ1) is 10.6. The molecule has 0 unspecified atom stereocenters. The predicted molar refractivity (Wildman–Crippen MR) is 92.7 cm³/mol. The maximum Gasteiger partial charge on any atom is 0.261 e. The van der Waals surface area contributed by atoms with Gasteiger partial charge in [0.25, 0.3) is 10.0 Å². The zero-order chi connectivity index (χ0) is 15.8. The lowest BCUT2D eigenvalue weighted by molar-refractivity contribution is 0.601. The van der Waals surface area contributed by atoms with Crippen LogP contribution in [0.15, 0.2) is 65.6 Å². The summed E-state index contributed by atoms with van der Waals surface area (Å²) in [6.45, 7) is 0. The number of rotatable bonds is 7. The molecule has 0 aromatic heterocycles. The largest absolute Gasteiger partial charge is 0.280 e. The van der Waals surface area contributed by atoms with Crippen LogP contribution >= 0.6 is 11.6 Å². The highest BCUT2D eigenvalue weighted by Gasteiger charge is 2.13. The minimum Gasteiger partial charge on any atom is -0.280 e. The van der Waals surface area contributed by atoms with Crippen molar-refractivity contribution in [3.63, 3.8) is 0 Å². The van der Waals surface area contributed by atoms with Crippen molar-refractivity contribution in [2.75, 3.05) is 10.6 Å². The molecular formula is C17H18ClNO2S. The van der Waals surface area contributed by atoms with Crippen LogP contribution in [0.2, 0.25) is 0 Å². The van der Waals surface area contributed by atoms with Gasteiger partial charge in [0, 0.05) is 11.6 Å². The van der Waals surface area contributed by atoms with Gasteiger partial charge < -0.3 is 0 Å². The highest BCUT2D eigenvalue weighted by molar-refractivity contribution is 7.92. The smallest absolute Gasteiger partial charge is 0.261 e. The highest BCUT2D eigenvalue weighted by atomic mass is 35.5. The Bertz CT molecular complexity index is 727. The first-order valence-electron chi connectivity index (χ1n) is 7.02. The molecule has 2 rings (SSSR count). The number of halogens is 1. The number of hydrogen-bond acceptors (Lipinski definition) is 2. The monoisotopic (exact) mass is 335 g/mol. The first-order valence-corrected chi connectivity index (χ1v) is 9.04. The number of unbranched alkanes of at least 4 members (excludes halogenated alkanes) is 1. The molecule has 0 radical (unpaired) electrons. The molecule has 0 fully saturated rings. The predicted octanol–water partition coefficient (Wildman–Crippen LogP) is 4.52. The van der Waals surface area contributed by atoms with E-state index >= 15 is 0 Å². The van der Waals surface area contributed by atoms with Gasteiger partial charge in [0.15, 0.2) is 0 Å². The number of benzene rings is 2. The highest BCUT2D eigenvalue weighted by Crippen LogP contribution is 2.17. The van der Waals surface area contributed by atoms with Gasteiger partial charge in [0.05, 0.1) is 4.90 Å². The fourth-order valence-electron chi connectivity index (χ4n) is 1.93. The summed E-state index contributed by atoms with van der Waals surface area (Å²) < 4.78 is 27.1. The summed E-state index contributed by atoms with van der Waals surface area (Å²) in [6, 6.07) is 15.6. The van der Waals surface area contributed by atoms with Crippen LogP contribution in [0.1, 0.15) is 18.4 Å². The van der Waals surface area contributed by atoms with E-state index in [1.165, 1.54) is 0 Å². The van der Waals surface area contributed by atoms with Gasteiger partial charge in [-0.05, 0) is 42.7 Å². The van der Waals surface area contributed by atoms with Crippen LogP contribution in [-0.4, -0.2) is 14.3 Å². The molecule has 0 bridgehead atoms. The second-order valence-corrected chi connectivity index (χ2v) is 6.84. The normalized spacial score (nSPS) is 11.7. The number of anilines is 1. The third kappa shape index (κ3) is 4.90. The summed E-state index contributed by atoms with van der Waals surface area (Å²) in [5, 5.41) is 0. The topological polar surface area (TPSA) is 46.2 Å². The Morgan fingerprint density at radius 1 is 1.05 bits per heavy atom. The van der Waals surface area contributed by atoms with E-state index < -0.39 is 10.0 Å². The minimum absolute atomic E-state index is 0.248. The molecule has 2 aromatic rings. The molecule has 2 aromatic carbocycles. The molecule has 0 saturated carbocycles. The molecule has 0 aliphatic heterocycles. The van der Waals surface area contributed by atoms with E-state index in [-0.39, 0.29) is 4.90 Å². The Morgan fingerprint density at radius 3 is 2.55 bits per heavy atom. The van der Waals surface area contributed by atoms with Crippen LogP contribution in [0.5, 0.6) is 0 Å². The average molecular weight is 336 g/mol. The van der Waals surface area contributed by atoms with Gasteiger partial charge in [-0.15, -0.1) is 11.6 Å². The van der Waals surface area contributed by atoms with Gasteiger partial charge in [-0.2, -0.15) is 0 Å². The first kappa shape index (κ1) is 16.6. The van der Waals surface area contributed by atoms with E-state index in [1.54, 1.807) is 42.5 Å². The van der Waals surface area contributed by atoms with Crippen LogP contribution in [0.4, 0.5) is 5.69 Å². The summed E-state index contributed by atoms with van der Waals surface area (Å²) in [5.74, 6) is 0.640. The van der Waals surface area contributed by atoms with Gasteiger partial charge in [0.2, 0.25) is 0 Å². The summed E-state index contributed by atoms with van der Waals surface area (Å²) in [4.78, 5) is 0.248. The minimum atomic E-state index is -3.55. The Labute approximate surface area is 136 Å². The Hall–Kier alpha value is -1.78. The van der Waals surface area contributed by atoms with Crippen LogP contribution in [0.3, 0.4) is 0 Å². The Balaban J connectivity index is 2.12. The molecule has 0 heterocycles. The maximum absolute atomic E-state index is 12.3. The molecule has 0 spiro atoms. The third-order valence-corrected chi connectivity index (χ3v) is 4.67. The van der Waals surface area contributed by atoms with Crippen LogP contribution in [-0.2, 0) is 10.0 Å². The van der Waals surface area contributed by atoms with Gasteiger partial charge in [-0.3, -0.25) is 4.72 Å². The zero-order valence-electron chi connectivity index (χ0n) is 12.1. The van der Waals surface area contributed by atoms with Crippen LogP contribution < -0.4 is 4.72 Å². The number of sulfonamides is 1. The van der Waals surface area contributed by atoms with E-state index in [0.717, 1.165) is 18.4 Å². The molecule has 0 atom stereocenters. The summed E-state index contributed by atoms with van der Waals surface area (Å²) in [6.07, 6.45) is 5.84. The fourth-order valence-corrected chi connectivity index (χ4v) is 3.16. The standard InChI is InChI=1S/C17H18ClNO2S/c18-13-6-2-3-8-15-9-7-10-16(14-15)19-22(20,21)17-11-4-1-5-12-17/h1,3-5,7-12,14,19H,2,6,13H2/b8-3+. The van der Waals surface area contributed by atoms with Crippen molar-refractivity contribution in [2.45, 2.75) is 17.7 Å². The molecule has 0 aliphatic carbocycles. The van der Waals surface area contributed by atoms with E-state index in [0.29, 0.717) is 11.6 Å². The zero-order valence-corrected chi connectivity index (χ0v) is 13.6. The van der Waals surface area contributed by atoms with Gasteiger partial charge in [-0.25, -0.2) is 8.42 Å². The lowest BCUT2D eigenvalue weighted by Gasteiger charge is -2.08. The summed E-state index contributed by atoms with van der Waals surface area (Å²) in [5.41, 5.74) is 1.49. The number of nitrogens with one attached hydrogen (secondary N) is 1. The third-order valence-electron chi connectivity index (χ3n) is 3.01. The van der Waals surface area contributed by atoms with Crippen molar-refractivity contribution < 1.29 is 8.42 Å². The van der Waals surface area contributed by atoms with Crippen molar-refractivity contribution in [2.24, 2.45) is 0 Å². The number of hydrogen-bond donors (Lipinski definition) is 1. The molecule has 0 saturated heterocycles. The summed E-state index contributed by atoms with van der Waals surface area (Å²) in [7, 11) is -3.55. The molecule has 3 nitrogen and oxygen atoms in total. The number of alkyl halides is 1. The van der Waals surface area contributed by atoms with Crippen LogP contribution in [0.25, 0.3) is 6.08 Å². The quantitative estimate of drug-likeness (QED) is 0.597. The molecule has 1 N–H and O–H groups in total. The molecule has 0 amide bonds. The van der Waals surface area contributed by atoms with E-state index in [9.17, 15) is 8.42 Å². The Kier molecular flexibility index (Phi) is 6.04. The van der Waals surface area contributed by atoms with Crippen molar-refractivity contribution in [3.05, 3.63) is 66.2 Å². The van der Waals surface area contributed by atoms with Crippen molar-refractivity contribution in [1.82, 2.24) is 0 Å². The fraction of sp³-hybridized carbons (Fsp3) is 0.176.